The molecule has 1 heterocycles. The average molecular weight is 280 g/mol. The zero-order valence-corrected chi connectivity index (χ0v) is 11.5. The predicted octanol–water partition coefficient (Wildman–Crippen LogP) is 0.549. The zero-order valence-electron chi connectivity index (χ0n) is 11.5. The van der Waals surface area contributed by atoms with Crippen molar-refractivity contribution in [1.82, 2.24) is 5.32 Å². The van der Waals surface area contributed by atoms with E-state index in [4.69, 9.17) is 15.2 Å². The number of amides is 1. The monoisotopic (exact) mass is 280 g/mol. The van der Waals surface area contributed by atoms with Gasteiger partial charge in [0.05, 0.1) is 13.2 Å². The first-order valence-corrected chi connectivity index (χ1v) is 6.64. The van der Waals surface area contributed by atoms with Crippen LogP contribution in [0.5, 0.6) is 5.75 Å². The molecule has 0 radical (unpaired) electrons. The second-order valence-electron chi connectivity index (χ2n) is 4.93. The Bertz CT molecular complexity index is 484. The van der Waals surface area contributed by atoms with E-state index in [9.17, 15) is 9.90 Å². The molecule has 110 valence electrons. The standard InChI is InChI=1S/C14H20N2O4/c1-2-20-12-6-10(5-11(15)7-12)13(17)16-8-14(18)3-4-19-9-14/h5-7,18H,2-4,8-9,15H2,1H3,(H,16,17). The Morgan fingerprint density at radius 2 is 2.35 bits per heavy atom. The molecule has 6 heteroatoms. The molecule has 1 saturated heterocycles. The molecule has 1 fully saturated rings. The third-order valence-electron chi connectivity index (χ3n) is 3.16. The molecule has 0 aliphatic carbocycles. The zero-order chi connectivity index (χ0) is 14.6. The summed E-state index contributed by atoms with van der Waals surface area (Å²) in [6.45, 7) is 3.28. The second kappa shape index (κ2) is 6.11. The van der Waals surface area contributed by atoms with Gasteiger partial charge in [-0.25, -0.2) is 0 Å². The first kappa shape index (κ1) is 14.6. The van der Waals surface area contributed by atoms with Gasteiger partial charge in [0.15, 0.2) is 0 Å². The molecule has 1 aromatic carbocycles. The summed E-state index contributed by atoms with van der Waals surface area (Å²) in [5, 5.41) is 12.8. The van der Waals surface area contributed by atoms with Crippen LogP contribution in [0.2, 0.25) is 0 Å². The van der Waals surface area contributed by atoms with Crippen LogP contribution in [0.4, 0.5) is 5.69 Å². The SMILES string of the molecule is CCOc1cc(N)cc(C(=O)NCC2(O)CCOC2)c1. The summed E-state index contributed by atoms with van der Waals surface area (Å²) in [5.74, 6) is 0.263. The summed E-state index contributed by atoms with van der Waals surface area (Å²) < 4.78 is 10.5. The van der Waals surface area contributed by atoms with Crippen molar-refractivity contribution >= 4 is 11.6 Å². The number of nitrogens with two attached hydrogens (primary N) is 1. The van der Waals surface area contributed by atoms with Gasteiger partial charge in [0.2, 0.25) is 0 Å². The molecule has 4 N–H and O–H groups in total. The largest absolute Gasteiger partial charge is 0.494 e. The maximum absolute atomic E-state index is 12.1. The van der Waals surface area contributed by atoms with E-state index < -0.39 is 5.60 Å². The van der Waals surface area contributed by atoms with E-state index in [2.05, 4.69) is 5.32 Å². The number of nitrogen functional groups attached to an aromatic ring is 1. The molecule has 2 rings (SSSR count). The van der Waals surface area contributed by atoms with Crippen LogP contribution in [0.15, 0.2) is 18.2 Å². The van der Waals surface area contributed by atoms with Crippen molar-refractivity contribution in [1.29, 1.82) is 0 Å². The molecule has 1 aliphatic rings. The van der Waals surface area contributed by atoms with Crippen molar-refractivity contribution in [3.63, 3.8) is 0 Å². The molecule has 6 nitrogen and oxygen atoms in total. The van der Waals surface area contributed by atoms with E-state index in [0.29, 0.717) is 36.6 Å². The van der Waals surface area contributed by atoms with Crippen LogP contribution in [-0.4, -0.2) is 43.0 Å². The van der Waals surface area contributed by atoms with E-state index in [1.54, 1.807) is 18.2 Å². The van der Waals surface area contributed by atoms with Gasteiger partial charge in [0.25, 0.3) is 5.91 Å². The minimum absolute atomic E-state index is 0.157. The highest BCUT2D eigenvalue weighted by atomic mass is 16.5. The summed E-state index contributed by atoms with van der Waals surface area (Å²) in [7, 11) is 0. The van der Waals surface area contributed by atoms with Crippen LogP contribution in [0, 0.1) is 0 Å². The van der Waals surface area contributed by atoms with Crippen LogP contribution in [0.25, 0.3) is 0 Å². The number of hydrogen-bond donors (Lipinski definition) is 3. The van der Waals surface area contributed by atoms with Crippen LogP contribution in [0.1, 0.15) is 23.7 Å². The van der Waals surface area contributed by atoms with Crippen molar-refractivity contribution < 1.29 is 19.4 Å². The summed E-state index contributed by atoms with van der Waals surface area (Å²) in [4.78, 5) is 12.1. The van der Waals surface area contributed by atoms with Gasteiger partial charge in [-0.1, -0.05) is 0 Å². The number of benzene rings is 1. The highest BCUT2D eigenvalue weighted by Crippen LogP contribution is 2.20. The van der Waals surface area contributed by atoms with Crippen molar-refractivity contribution in [2.45, 2.75) is 18.9 Å². The van der Waals surface area contributed by atoms with E-state index in [1.165, 1.54) is 0 Å². The first-order chi connectivity index (χ1) is 9.52. The lowest BCUT2D eigenvalue weighted by Crippen LogP contribution is -2.43. The third kappa shape index (κ3) is 3.61. The van der Waals surface area contributed by atoms with Gasteiger partial charge in [-0.2, -0.15) is 0 Å². The lowest BCUT2D eigenvalue weighted by molar-refractivity contribution is 0.0264. The first-order valence-electron chi connectivity index (χ1n) is 6.64. The van der Waals surface area contributed by atoms with Crippen molar-refractivity contribution in [2.24, 2.45) is 0 Å². The molecule has 0 aromatic heterocycles. The Balaban J connectivity index is 2.01. The van der Waals surface area contributed by atoms with Crippen molar-refractivity contribution in [3.8, 4) is 5.75 Å². The normalized spacial score (nSPS) is 21.7. The number of carbonyl (C=O) groups is 1. The van der Waals surface area contributed by atoms with Crippen molar-refractivity contribution in [3.05, 3.63) is 23.8 Å². The highest BCUT2D eigenvalue weighted by Gasteiger charge is 2.32. The maximum atomic E-state index is 12.1. The molecule has 1 unspecified atom stereocenters. The van der Waals surface area contributed by atoms with Crippen LogP contribution >= 0.6 is 0 Å². The smallest absolute Gasteiger partial charge is 0.251 e. The lowest BCUT2D eigenvalue weighted by atomic mass is 10.0. The number of rotatable bonds is 5. The molecule has 0 saturated carbocycles. The Hall–Kier alpha value is -1.79. The number of ether oxygens (including phenoxy) is 2. The van der Waals surface area contributed by atoms with Crippen LogP contribution in [-0.2, 0) is 4.74 Å². The topological polar surface area (TPSA) is 93.8 Å². The molecular formula is C14H20N2O4. The summed E-state index contributed by atoms with van der Waals surface area (Å²) in [6, 6.07) is 4.87. The molecule has 1 atom stereocenters. The van der Waals surface area contributed by atoms with E-state index in [1.807, 2.05) is 6.92 Å². The number of anilines is 1. The summed E-state index contributed by atoms with van der Waals surface area (Å²) >= 11 is 0. The van der Waals surface area contributed by atoms with Crippen molar-refractivity contribution in [2.75, 3.05) is 32.1 Å². The number of carbonyl (C=O) groups excluding carboxylic acids is 1. The molecule has 1 aliphatic heterocycles. The maximum Gasteiger partial charge on any atom is 0.251 e. The molecule has 0 bridgehead atoms. The number of aliphatic hydroxyl groups is 1. The van der Waals surface area contributed by atoms with E-state index >= 15 is 0 Å². The van der Waals surface area contributed by atoms with Gasteiger partial charge in [-0.15, -0.1) is 0 Å². The fourth-order valence-corrected chi connectivity index (χ4v) is 2.09. The number of hydrogen-bond acceptors (Lipinski definition) is 5. The third-order valence-corrected chi connectivity index (χ3v) is 3.16. The van der Waals surface area contributed by atoms with Gasteiger partial charge in [-0.05, 0) is 19.1 Å². The molecule has 20 heavy (non-hydrogen) atoms. The van der Waals surface area contributed by atoms with Gasteiger partial charge >= 0.3 is 0 Å². The molecule has 0 spiro atoms. The van der Waals surface area contributed by atoms with Crippen LogP contribution in [0.3, 0.4) is 0 Å². The molecule has 1 amide bonds. The average Bonchev–Trinajstić information content (AvgIpc) is 2.83. The quantitative estimate of drug-likeness (QED) is 0.685. The second-order valence-corrected chi connectivity index (χ2v) is 4.93. The van der Waals surface area contributed by atoms with Gasteiger partial charge < -0.3 is 25.6 Å². The highest BCUT2D eigenvalue weighted by molar-refractivity contribution is 5.95. The minimum Gasteiger partial charge on any atom is -0.494 e. The van der Waals surface area contributed by atoms with Gasteiger partial charge in [0.1, 0.15) is 11.4 Å². The van der Waals surface area contributed by atoms with E-state index in [0.717, 1.165) is 0 Å². The van der Waals surface area contributed by atoms with Gasteiger partial charge in [0, 0.05) is 36.9 Å². The Kier molecular flexibility index (Phi) is 4.46. The summed E-state index contributed by atoms with van der Waals surface area (Å²) in [5.41, 5.74) is 5.64. The molecular weight excluding hydrogens is 260 g/mol. The Labute approximate surface area is 117 Å². The Morgan fingerprint density at radius 3 is 3.00 bits per heavy atom. The fourth-order valence-electron chi connectivity index (χ4n) is 2.09. The Morgan fingerprint density at radius 1 is 1.55 bits per heavy atom. The van der Waals surface area contributed by atoms with Gasteiger partial charge in [-0.3, -0.25) is 4.79 Å². The molecule has 1 aromatic rings. The van der Waals surface area contributed by atoms with Crippen LogP contribution < -0.4 is 15.8 Å². The summed E-state index contributed by atoms with van der Waals surface area (Å²) in [6.07, 6.45) is 0.522. The minimum atomic E-state index is -0.973. The number of nitrogens with one attached hydrogen (secondary N) is 1. The fraction of sp³-hybridized carbons (Fsp3) is 0.500. The predicted molar refractivity (Wildman–Crippen MR) is 74.7 cm³/mol. The lowest BCUT2D eigenvalue weighted by Gasteiger charge is -2.20. The van der Waals surface area contributed by atoms with E-state index in [-0.39, 0.29) is 19.1 Å².